The molecule has 0 spiro atoms. The molecule has 5 heteroatoms. The highest BCUT2D eigenvalue weighted by molar-refractivity contribution is 7.07. The van der Waals surface area contributed by atoms with Crippen molar-refractivity contribution in [1.29, 1.82) is 0 Å². The lowest BCUT2D eigenvalue weighted by Crippen LogP contribution is -2.07. The molecule has 0 bridgehead atoms. The van der Waals surface area contributed by atoms with E-state index < -0.39 is 11.5 Å². The maximum absolute atomic E-state index is 12.0. The second kappa shape index (κ2) is 6.95. The molecule has 122 valence electrons. The number of benzene rings is 1. The fourth-order valence-corrected chi connectivity index (χ4v) is 3.16. The summed E-state index contributed by atoms with van der Waals surface area (Å²) >= 11 is 1.39. The van der Waals surface area contributed by atoms with Gasteiger partial charge in [0.1, 0.15) is 0 Å². The Balaban J connectivity index is 2.07. The molecule has 0 saturated carbocycles. The third kappa shape index (κ3) is 3.22. The van der Waals surface area contributed by atoms with E-state index in [0.29, 0.717) is 11.3 Å². The van der Waals surface area contributed by atoms with E-state index >= 15 is 0 Å². The van der Waals surface area contributed by atoms with Crippen LogP contribution < -0.4 is 5.43 Å². The minimum Gasteiger partial charge on any atom is -0.504 e. The number of aliphatic hydroxyl groups excluding tert-OH is 1. The topological polar surface area (TPSA) is 70.4 Å². The van der Waals surface area contributed by atoms with Gasteiger partial charge in [-0.25, -0.2) is 4.98 Å². The van der Waals surface area contributed by atoms with Gasteiger partial charge in [-0.05, 0) is 23.3 Å². The van der Waals surface area contributed by atoms with Gasteiger partial charge in [0.2, 0.25) is 5.43 Å². The van der Waals surface area contributed by atoms with E-state index in [1.807, 2.05) is 37.3 Å². The van der Waals surface area contributed by atoms with Gasteiger partial charge in [0.05, 0.1) is 17.3 Å². The third-order valence-corrected chi connectivity index (χ3v) is 4.66. The van der Waals surface area contributed by atoms with E-state index in [-0.39, 0.29) is 11.7 Å². The van der Waals surface area contributed by atoms with Crippen LogP contribution in [0, 0.1) is 0 Å². The number of rotatable bonds is 4. The molecule has 0 fully saturated rings. The molecule has 3 aromatic rings. The lowest BCUT2D eigenvalue weighted by Gasteiger charge is -2.19. The molecule has 1 aromatic heterocycles. The Bertz CT molecular complexity index is 879. The first-order valence-electron chi connectivity index (χ1n) is 7.56. The monoisotopic (exact) mass is 339 g/mol. The molecule has 2 aromatic carbocycles. The van der Waals surface area contributed by atoms with E-state index in [1.165, 1.54) is 17.4 Å². The fourth-order valence-electron chi connectivity index (χ4n) is 2.61. The van der Waals surface area contributed by atoms with Gasteiger partial charge in [0, 0.05) is 16.9 Å². The van der Waals surface area contributed by atoms with Crippen molar-refractivity contribution in [3.05, 3.63) is 80.8 Å². The Labute approximate surface area is 143 Å². The van der Waals surface area contributed by atoms with Gasteiger partial charge in [-0.15, -0.1) is 11.3 Å². The summed E-state index contributed by atoms with van der Waals surface area (Å²) in [5, 5.41) is 22.6. The van der Waals surface area contributed by atoms with Crippen LogP contribution >= 0.6 is 11.3 Å². The van der Waals surface area contributed by atoms with Crippen molar-refractivity contribution in [2.75, 3.05) is 0 Å². The van der Waals surface area contributed by atoms with Crippen molar-refractivity contribution in [3.63, 3.8) is 0 Å². The zero-order valence-corrected chi connectivity index (χ0v) is 13.9. The zero-order valence-electron chi connectivity index (χ0n) is 13.1. The summed E-state index contributed by atoms with van der Waals surface area (Å²) in [6.45, 7) is 1.89. The molecular weight excluding hydrogens is 322 g/mol. The highest BCUT2D eigenvalue weighted by Crippen LogP contribution is 2.33. The van der Waals surface area contributed by atoms with Crippen molar-refractivity contribution < 1.29 is 10.2 Å². The SMILES string of the molecule is CC(c1ccc(=O)c(O)c(-c2cscn2)c1)[C@@H](O)c1ccccc1. The molecule has 1 unspecified atom stereocenters. The summed E-state index contributed by atoms with van der Waals surface area (Å²) in [5.41, 5.74) is 3.67. The average Bonchev–Trinajstić information content (AvgIpc) is 3.10. The number of hydrogen-bond acceptors (Lipinski definition) is 5. The van der Waals surface area contributed by atoms with Gasteiger partial charge in [0.25, 0.3) is 0 Å². The molecule has 2 atom stereocenters. The van der Waals surface area contributed by atoms with Crippen molar-refractivity contribution in [3.8, 4) is 17.0 Å². The molecule has 0 aliphatic rings. The Kier molecular flexibility index (Phi) is 4.74. The predicted molar refractivity (Wildman–Crippen MR) is 95.3 cm³/mol. The Morgan fingerprint density at radius 3 is 2.50 bits per heavy atom. The van der Waals surface area contributed by atoms with Crippen LogP contribution in [0.5, 0.6) is 5.75 Å². The van der Waals surface area contributed by atoms with Gasteiger partial charge in [-0.3, -0.25) is 4.79 Å². The number of aliphatic hydroxyl groups is 1. The van der Waals surface area contributed by atoms with Crippen LogP contribution in [0.4, 0.5) is 0 Å². The Morgan fingerprint density at radius 1 is 1.08 bits per heavy atom. The smallest absolute Gasteiger partial charge is 0.220 e. The van der Waals surface area contributed by atoms with Crippen LogP contribution in [0.2, 0.25) is 0 Å². The lowest BCUT2D eigenvalue weighted by atomic mass is 9.91. The Morgan fingerprint density at radius 2 is 1.83 bits per heavy atom. The Hall–Kier alpha value is -2.50. The number of aromatic nitrogens is 1. The summed E-state index contributed by atoms with van der Waals surface area (Å²) in [6, 6.07) is 14.1. The molecule has 0 saturated heterocycles. The van der Waals surface area contributed by atoms with Crippen LogP contribution in [0.25, 0.3) is 11.3 Å². The maximum Gasteiger partial charge on any atom is 0.220 e. The van der Waals surface area contributed by atoms with Gasteiger partial charge < -0.3 is 10.2 Å². The summed E-state index contributed by atoms with van der Waals surface area (Å²) in [4.78, 5) is 16.2. The summed E-state index contributed by atoms with van der Waals surface area (Å²) in [5.74, 6) is -0.579. The van der Waals surface area contributed by atoms with Crippen LogP contribution in [0.3, 0.4) is 0 Å². The fraction of sp³-hybridized carbons (Fsp3) is 0.158. The summed E-state index contributed by atoms with van der Waals surface area (Å²) in [7, 11) is 0. The lowest BCUT2D eigenvalue weighted by molar-refractivity contribution is 0.151. The maximum atomic E-state index is 12.0. The molecular formula is C19H17NO3S. The normalized spacial score (nSPS) is 13.4. The summed E-state index contributed by atoms with van der Waals surface area (Å²) in [6.07, 6.45) is -0.714. The minimum absolute atomic E-state index is 0.254. The van der Waals surface area contributed by atoms with E-state index in [9.17, 15) is 15.0 Å². The number of aromatic hydroxyl groups is 1. The van der Waals surface area contributed by atoms with Crippen molar-refractivity contribution in [2.24, 2.45) is 0 Å². The van der Waals surface area contributed by atoms with Gasteiger partial charge in [0.15, 0.2) is 5.75 Å². The predicted octanol–water partition coefficient (Wildman–Crippen LogP) is 3.71. The first-order chi connectivity index (χ1) is 11.6. The van der Waals surface area contributed by atoms with Crippen LogP contribution in [0.15, 0.2) is 64.2 Å². The van der Waals surface area contributed by atoms with E-state index in [2.05, 4.69) is 4.98 Å². The molecule has 0 radical (unpaired) electrons. The zero-order chi connectivity index (χ0) is 17.1. The van der Waals surface area contributed by atoms with Gasteiger partial charge >= 0.3 is 0 Å². The second-order valence-electron chi connectivity index (χ2n) is 5.62. The minimum atomic E-state index is -0.714. The summed E-state index contributed by atoms with van der Waals surface area (Å²) < 4.78 is 0. The van der Waals surface area contributed by atoms with Crippen LogP contribution in [0.1, 0.15) is 30.1 Å². The third-order valence-electron chi connectivity index (χ3n) is 4.08. The molecule has 0 amide bonds. The molecule has 24 heavy (non-hydrogen) atoms. The van der Waals surface area contributed by atoms with E-state index in [1.54, 1.807) is 23.0 Å². The van der Waals surface area contributed by atoms with Gasteiger partial charge in [-0.2, -0.15) is 0 Å². The van der Waals surface area contributed by atoms with Crippen molar-refractivity contribution in [1.82, 2.24) is 4.98 Å². The average molecular weight is 339 g/mol. The van der Waals surface area contributed by atoms with Crippen molar-refractivity contribution >= 4 is 11.3 Å². The van der Waals surface area contributed by atoms with Crippen LogP contribution in [-0.2, 0) is 0 Å². The quantitative estimate of drug-likeness (QED) is 0.760. The number of hydrogen-bond donors (Lipinski definition) is 2. The highest BCUT2D eigenvalue weighted by Gasteiger charge is 2.20. The molecule has 2 N–H and O–H groups in total. The number of thiazole rings is 1. The largest absolute Gasteiger partial charge is 0.504 e. The molecule has 0 aliphatic heterocycles. The van der Waals surface area contributed by atoms with Gasteiger partial charge in [-0.1, -0.05) is 43.3 Å². The van der Waals surface area contributed by atoms with E-state index in [4.69, 9.17) is 0 Å². The molecule has 0 aliphatic carbocycles. The van der Waals surface area contributed by atoms with Crippen molar-refractivity contribution in [2.45, 2.75) is 18.9 Å². The second-order valence-corrected chi connectivity index (χ2v) is 6.34. The van der Waals surface area contributed by atoms with Crippen LogP contribution in [-0.4, -0.2) is 15.2 Å². The van der Waals surface area contributed by atoms with E-state index in [0.717, 1.165) is 11.1 Å². The highest BCUT2D eigenvalue weighted by atomic mass is 32.1. The standard InChI is InChI=1S/C19H17NO3S/c1-12(18(22)13-5-3-2-4-6-13)14-7-8-17(21)19(23)15(9-14)16-10-24-11-20-16/h2-12,18,22H,1H3,(H,21,23)/t12?,18-/m1/s1. The first-order valence-corrected chi connectivity index (χ1v) is 8.51. The molecule has 4 nitrogen and oxygen atoms in total. The first kappa shape index (κ1) is 16.4. The molecule has 3 rings (SSSR count). The number of nitrogens with zero attached hydrogens (tertiary/aromatic N) is 1. The molecule has 1 heterocycles.